The van der Waals surface area contributed by atoms with Crippen LogP contribution in [0.3, 0.4) is 0 Å². The third kappa shape index (κ3) is 6.78. The molecule has 2 aromatic rings. The van der Waals surface area contributed by atoms with E-state index in [9.17, 15) is 30.9 Å². The molecule has 12 heteroatoms. The van der Waals surface area contributed by atoms with Crippen molar-refractivity contribution in [3.63, 3.8) is 0 Å². The highest BCUT2D eigenvalue weighted by atomic mass is 32.2. The number of rotatable bonds is 5. The Morgan fingerprint density at radius 1 is 1.06 bits per heavy atom. The highest BCUT2D eigenvalue weighted by molar-refractivity contribution is 7.91. The van der Waals surface area contributed by atoms with Crippen LogP contribution < -0.4 is 4.90 Å². The molecular formula is C21H29F3N2O4S3. The van der Waals surface area contributed by atoms with E-state index in [1.165, 1.54) is 39.9 Å². The summed E-state index contributed by atoms with van der Waals surface area (Å²) in [7, 11) is -4.12. The van der Waals surface area contributed by atoms with Gasteiger partial charge in [-0.2, -0.15) is 17.5 Å². The summed E-state index contributed by atoms with van der Waals surface area (Å²) in [5.41, 5.74) is -2.47. The van der Waals surface area contributed by atoms with Crippen molar-refractivity contribution >= 4 is 37.8 Å². The van der Waals surface area contributed by atoms with Gasteiger partial charge in [0.05, 0.1) is 0 Å². The van der Waals surface area contributed by atoms with Gasteiger partial charge in [0.25, 0.3) is 10.0 Å². The minimum atomic E-state index is -4.77. The van der Waals surface area contributed by atoms with Gasteiger partial charge in [-0.1, -0.05) is 32.0 Å². The average molecular weight is 527 g/mol. The number of benzene rings is 1. The maximum Gasteiger partial charge on any atom is 0.421 e. The number of hydrogen-bond donors (Lipinski definition) is 1. The molecule has 0 saturated carbocycles. The number of piperazine rings is 1. The molecule has 1 aliphatic rings. The fraction of sp³-hybridized carbons (Fsp3) is 0.524. The molecule has 2 unspecified atom stereocenters. The molecule has 0 aliphatic carbocycles. The van der Waals surface area contributed by atoms with Gasteiger partial charge in [-0.05, 0) is 36.1 Å². The van der Waals surface area contributed by atoms with Crippen molar-refractivity contribution in [2.75, 3.05) is 37.3 Å². The second kappa shape index (κ2) is 10.9. The predicted molar refractivity (Wildman–Crippen MR) is 127 cm³/mol. The van der Waals surface area contributed by atoms with E-state index < -0.39 is 32.6 Å². The number of halogens is 3. The van der Waals surface area contributed by atoms with Crippen molar-refractivity contribution in [2.24, 2.45) is 0 Å². The zero-order valence-electron chi connectivity index (χ0n) is 18.9. The van der Waals surface area contributed by atoms with Crippen molar-refractivity contribution in [1.29, 1.82) is 0 Å². The molecule has 186 valence electrons. The molecule has 1 aromatic heterocycles. The van der Waals surface area contributed by atoms with Gasteiger partial charge in [-0.25, -0.2) is 8.42 Å². The lowest BCUT2D eigenvalue weighted by molar-refractivity contribution is -0.258. The lowest BCUT2D eigenvalue weighted by Crippen LogP contribution is -2.48. The van der Waals surface area contributed by atoms with Gasteiger partial charge in [-0.3, -0.25) is 4.21 Å². The molecule has 1 N–H and O–H groups in total. The monoisotopic (exact) mass is 526 g/mol. The number of thiophene rings is 1. The number of alkyl halides is 3. The molecule has 1 aliphatic heterocycles. The van der Waals surface area contributed by atoms with Crippen LogP contribution in [0.2, 0.25) is 0 Å². The maximum atomic E-state index is 12.9. The van der Waals surface area contributed by atoms with Crippen LogP contribution in [-0.4, -0.2) is 65.9 Å². The molecule has 0 radical (unpaired) electrons. The summed E-state index contributed by atoms with van der Waals surface area (Å²) in [6.07, 6.45) is -3.05. The predicted octanol–water partition coefficient (Wildman–Crippen LogP) is 3.80. The van der Waals surface area contributed by atoms with Crippen molar-refractivity contribution in [1.82, 2.24) is 4.31 Å². The smallest absolute Gasteiger partial charge is 0.376 e. The van der Waals surface area contributed by atoms with Gasteiger partial charge in [0.1, 0.15) is 4.21 Å². The second-order valence-corrected chi connectivity index (χ2v) is 13.0. The van der Waals surface area contributed by atoms with E-state index in [-0.39, 0.29) is 5.56 Å². The molecule has 0 amide bonds. The van der Waals surface area contributed by atoms with Gasteiger partial charge in [0, 0.05) is 54.2 Å². The molecular weight excluding hydrogens is 497 g/mol. The first kappa shape index (κ1) is 27.8. The highest BCUT2D eigenvalue weighted by Gasteiger charge is 2.51. The van der Waals surface area contributed by atoms with Crippen LogP contribution in [0.5, 0.6) is 0 Å². The Morgan fingerprint density at radius 3 is 1.97 bits per heavy atom. The molecule has 0 bridgehead atoms. The SMILES string of the molecule is CC(C)S(C)=O.CC(O)(c1ccc(N2CCN(S(=O)(=O)c3cccs3)CC2)cc1)C(F)(F)F. The van der Waals surface area contributed by atoms with Crippen molar-refractivity contribution < 1.29 is 30.9 Å². The lowest BCUT2D eigenvalue weighted by Gasteiger charge is -2.35. The maximum absolute atomic E-state index is 12.9. The third-order valence-corrected chi connectivity index (χ3v) is 9.94. The van der Waals surface area contributed by atoms with Gasteiger partial charge >= 0.3 is 6.18 Å². The summed E-state index contributed by atoms with van der Waals surface area (Å²) in [6.45, 7) is 6.05. The van der Waals surface area contributed by atoms with Crippen molar-refractivity contribution in [3.8, 4) is 0 Å². The van der Waals surface area contributed by atoms with Crippen LogP contribution in [0.15, 0.2) is 46.0 Å². The molecule has 1 aromatic carbocycles. The summed E-state index contributed by atoms with van der Waals surface area (Å²) in [5, 5.41) is 11.8. The fourth-order valence-corrected chi connectivity index (χ4v) is 5.45. The van der Waals surface area contributed by atoms with E-state index in [0.717, 1.165) is 6.92 Å². The minimum Gasteiger partial charge on any atom is -0.376 e. The van der Waals surface area contributed by atoms with Crippen LogP contribution in [0, 0.1) is 0 Å². The molecule has 6 nitrogen and oxygen atoms in total. The Bertz CT molecular complexity index is 1010. The normalized spacial score (nSPS) is 18.4. The van der Waals surface area contributed by atoms with E-state index in [1.807, 2.05) is 18.7 Å². The van der Waals surface area contributed by atoms with Gasteiger partial charge < -0.3 is 10.0 Å². The zero-order valence-corrected chi connectivity index (χ0v) is 21.3. The zero-order chi connectivity index (χ0) is 25.0. The summed E-state index contributed by atoms with van der Waals surface area (Å²) in [4.78, 5) is 1.91. The number of aliphatic hydroxyl groups is 1. The van der Waals surface area contributed by atoms with Crippen molar-refractivity contribution in [2.45, 2.75) is 42.0 Å². The Hall–Kier alpha value is -1.47. The van der Waals surface area contributed by atoms with Crippen LogP contribution in [-0.2, 0) is 26.4 Å². The number of hydrogen-bond acceptors (Lipinski definition) is 6. The topological polar surface area (TPSA) is 77.9 Å². The van der Waals surface area contributed by atoms with Crippen molar-refractivity contribution in [3.05, 3.63) is 47.3 Å². The van der Waals surface area contributed by atoms with Gasteiger partial charge in [0.2, 0.25) is 0 Å². The Kier molecular flexibility index (Phi) is 9.13. The van der Waals surface area contributed by atoms with Gasteiger partial charge in [-0.15, -0.1) is 11.3 Å². The largest absolute Gasteiger partial charge is 0.421 e. The lowest BCUT2D eigenvalue weighted by atomic mass is 9.95. The van der Waals surface area contributed by atoms with Gasteiger partial charge in [0.15, 0.2) is 5.60 Å². The molecule has 2 atom stereocenters. The molecule has 2 heterocycles. The number of anilines is 1. The molecule has 1 saturated heterocycles. The highest BCUT2D eigenvalue weighted by Crippen LogP contribution is 2.39. The Morgan fingerprint density at radius 2 is 1.58 bits per heavy atom. The molecule has 1 fully saturated rings. The third-order valence-electron chi connectivity index (χ3n) is 5.34. The Balaban J connectivity index is 0.000000569. The standard InChI is InChI=1S/C17H19F3N2O3S2.C4H10OS/c1-16(23,17(18,19)20)13-4-6-14(7-5-13)21-8-10-22(11-9-21)27(24,25)15-3-2-12-26-15;1-4(2)6(3)5/h2-7,12,23H,8-11H2,1H3;4H,1-3H3. The summed E-state index contributed by atoms with van der Waals surface area (Å²) in [6, 6.07) is 8.77. The fourth-order valence-electron chi connectivity index (χ4n) is 2.88. The van der Waals surface area contributed by atoms with E-state index >= 15 is 0 Å². The van der Waals surface area contributed by atoms with E-state index in [2.05, 4.69) is 0 Å². The van der Waals surface area contributed by atoms with E-state index in [4.69, 9.17) is 0 Å². The summed E-state index contributed by atoms with van der Waals surface area (Å²) in [5.74, 6) is 0. The number of sulfonamides is 1. The summed E-state index contributed by atoms with van der Waals surface area (Å²) >= 11 is 1.17. The van der Waals surface area contributed by atoms with Crippen LogP contribution in [0.1, 0.15) is 26.3 Å². The quantitative estimate of drug-likeness (QED) is 0.641. The minimum absolute atomic E-state index is 0.238. The van der Waals surface area contributed by atoms with Crippen LogP contribution in [0.25, 0.3) is 0 Å². The van der Waals surface area contributed by atoms with E-state index in [1.54, 1.807) is 23.8 Å². The first-order valence-corrected chi connectivity index (χ1v) is 14.1. The average Bonchev–Trinajstić information content (AvgIpc) is 3.29. The van der Waals surface area contributed by atoms with E-state index in [0.29, 0.717) is 41.3 Å². The first-order valence-electron chi connectivity index (χ1n) is 10.2. The molecule has 33 heavy (non-hydrogen) atoms. The number of nitrogens with zero attached hydrogens (tertiary/aromatic N) is 2. The van der Waals surface area contributed by atoms with Crippen LogP contribution in [0.4, 0.5) is 18.9 Å². The molecule has 3 rings (SSSR count). The first-order chi connectivity index (χ1) is 15.2. The second-order valence-electron chi connectivity index (χ2n) is 7.99. The molecule has 0 spiro atoms. The van der Waals surface area contributed by atoms with Crippen LogP contribution >= 0.6 is 11.3 Å². The summed E-state index contributed by atoms with van der Waals surface area (Å²) < 4.78 is 75.8. The Labute approximate surface area is 199 Å².